The molecular formula is C23H32ClN3O. The number of pyridine rings is 1. The van der Waals surface area contributed by atoms with E-state index >= 15 is 0 Å². The molecule has 28 heavy (non-hydrogen) atoms. The molecule has 0 aliphatic heterocycles. The zero-order valence-corrected chi connectivity index (χ0v) is 17.6. The molecule has 1 aromatic heterocycles. The molecule has 0 radical (unpaired) electrons. The zero-order valence-electron chi connectivity index (χ0n) is 16.8. The van der Waals surface area contributed by atoms with Crippen molar-refractivity contribution < 1.29 is 4.79 Å². The van der Waals surface area contributed by atoms with Crippen molar-refractivity contribution in [2.45, 2.75) is 83.2 Å². The molecule has 3 rings (SSSR count). The van der Waals surface area contributed by atoms with Crippen LogP contribution >= 0.6 is 11.6 Å². The number of carbonyl (C=O) groups excluding carboxylic acids is 1. The van der Waals surface area contributed by atoms with Gasteiger partial charge in [0.05, 0.1) is 5.52 Å². The number of carbonyl (C=O) groups is 1. The fourth-order valence-electron chi connectivity index (χ4n) is 4.04. The maximum absolute atomic E-state index is 12.1. The van der Waals surface area contributed by atoms with E-state index in [2.05, 4.69) is 22.5 Å². The second kappa shape index (κ2) is 10.7. The lowest BCUT2D eigenvalue weighted by atomic mass is 9.90. The van der Waals surface area contributed by atoms with Crippen LogP contribution < -0.4 is 10.6 Å². The fourth-order valence-corrected chi connectivity index (χ4v) is 4.20. The summed E-state index contributed by atoms with van der Waals surface area (Å²) in [7, 11) is 0. The Morgan fingerprint density at radius 2 is 1.82 bits per heavy atom. The minimum Gasteiger partial charge on any atom is -0.382 e. The van der Waals surface area contributed by atoms with Gasteiger partial charge in [-0.3, -0.25) is 9.78 Å². The number of fused-ring (bicyclic) bond motifs is 1. The molecule has 1 heterocycles. The Balaban J connectivity index is 1.43. The van der Waals surface area contributed by atoms with Gasteiger partial charge in [-0.1, -0.05) is 44.2 Å². The zero-order chi connectivity index (χ0) is 19.8. The third-order valence-electron chi connectivity index (χ3n) is 5.66. The summed E-state index contributed by atoms with van der Waals surface area (Å²) in [6.07, 6.45) is 12.7. The SMILES string of the molecule is CCCCCCCC(=O)NC1CCC(Nc2ccnc3cc(Cl)ccc23)CC1. The number of unbranched alkanes of at least 4 members (excludes halogenated alkanes) is 4. The summed E-state index contributed by atoms with van der Waals surface area (Å²) in [5.41, 5.74) is 2.03. The largest absolute Gasteiger partial charge is 0.382 e. The molecule has 1 fully saturated rings. The van der Waals surface area contributed by atoms with Gasteiger partial charge in [-0.2, -0.15) is 0 Å². The van der Waals surface area contributed by atoms with E-state index in [-0.39, 0.29) is 5.91 Å². The van der Waals surface area contributed by atoms with Crippen molar-refractivity contribution in [1.29, 1.82) is 0 Å². The second-order valence-electron chi connectivity index (χ2n) is 7.94. The lowest BCUT2D eigenvalue weighted by molar-refractivity contribution is -0.122. The molecule has 0 saturated heterocycles. The van der Waals surface area contributed by atoms with Crippen LogP contribution in [-0.4, -0.2) is 23.0 Å². The summed E-state index contributed by atoms with van der Waals surface area (Å²) in [6, 6.07) is 8.63. The van der Waals surface area contributed by atoms with Gasteiger partial charge in [0.25, 0.3) is 0 Å². The first kappa shape index (κ1) is 20.9. The highest BCUT2D eigenvalue weighted by atomic mass is 35.5. The quantitative estimate of drug-likeness (QED) is 0.500. The molecule has 2 aromatic rings. The molecule has 4 nitrogen and oxygen atoms in total. The number of nitrogens with zero attached hydrogens (tertiary/aromatic N) is 1. The number of hydrogen-bond acceptors (Lipinski definition) is 3. The highest BCUT2D eigenvalue weighted by Gasteiger charge is 2.22. The molecule has 0 unspecified atom stereocenters. The Morgan fingerprint density at radius 1 is 1.07 bits per heavy atom. The molecule has 1 amide bonds. The summed E-state index contributed by atoms with van der Waals surface area (Å²) in [5, 5.41) is 8.72. The normalized spacial score (nSPS) is 19.5. The van der Waals surface area contributed by atoms with Crippen LogP contribution in [0.2, 0.25) is 5.02 Å². The predicted molar refractivity (Wildman–Crippen MR) is 118 cm³/mol. The Labute approximate surface area is 173 Å². The summed E-state index contributed by atoms with van der Waals surface area (Å²) < 4.78 is 0. The number of rotatable bonds is 9. The molecule has 1 saturated carbocycles. The van der Waals surface area contributed by atoms with Gasteiger partial charge in [0.1, 0.15) is 0 Å². The molecule has 5 heteroatoms. The van der Waals surface area contributed by atoms with Crippen LogP contribution in [0.3, 0.4) is 0 Å². The van der Waals surface area contributed by atoms with Crippen LogP contribution in [0, 0.1) is 0 Å². The molecule has 152 valence electrons. The van der Waals surface area contributed by atoms with Crippen LogP contribution in [0.4, 0.5) is 5.69 Å². The smallest absolute Gasteiger partial charge is 0.220 e. The van der Waals surface area contributed by atoms with Crippen LogP contribution in [-0.2, 0) is 4.79 Å². The molecule has 0 bridgehead atoms. The minimum absolute atomic E-state index is 0.227. The number of amides is 1. The van der Waals surface area contributed by atoms with Crippen molar-refractivity contribution in [3.63, 3.8) is 0 Å². The number of benzene rings is 1. The molecular weight excluding hydrogens is 370 g/mol. The Bertz CT molecular complexity index is 772. The van der Waals surface area contributed by atoms with Gasteiger partial charge in [-0.15, -0.1) is 0 Å². The maximum Gasteiger partial charge on any atom is 0.220 e. The van der Waals surface area contributed by atoms with E-state index in [9.17, 15) is 4.79 Å². The van der Waals surface area contributed by atoms with E-state index in [1.165, 1.54) is 25.7 Å². The topological polar surface area (TPSA) is 54.0 Å². The van der Waals surface area contributed by atoms with Gasteiger partial charge in [0.15, 0.2) is 0 Å². The van der Waals surface area contributed by atoms with Gasteiger partial charge >= 0.3 is 0 Å². The van der Waals surface area contributed by atoms with Crippen LogP contribution in [0.25, 0.3) is 10.9 Å². The lowest BCUT2D eigenvalue weighted by Gasteiger charge is -2.30. The summed E-state index contributed by atoms with van der Waals surface area (Å²) in [5.74, 6) is 0.227. The van der Waals surface area contributed by atoms with E-state index < -0.39 is 0 Å². The predicted octanol–water partition coefficient (Wildman–Crippen LogP) is 6.09. The molecule has 1 aliphatic rings. The average Bonchev–Trinajstić information content (AvgIpc) is 2.69. The van der Waals surface area contributed by atoms with E-state index in [0.29, 0.717) is 23.5 Å². The second-order valence-corrected chi connectivity index (χ2v) is 8.38. The fraction of sp³-hybridized carbons (Fsp3) is 0.565. The van der Waals surface area contributed by atoms with Crippen molar-refractivity contribution in [2.75, 3.05) is 5.32 Å². The van der Waals surface area contributed by atoms with Gasteiger partial charge in [-0.05, 0) is 56.4 Å². The maximum atomic E-state index is 12.1. The summed E-state index contributed by atoms with van der Waals surface area (Å²) in [4.78, 5) is 16.6. The number of halogens is 1. The molecule has 0 spiro atoms. The highest BCUT2D eigenvalue weighted by molar-refractivity contribution is 6.31. The van der Waals surface area contributed by atoms with Crippen LogP contribution in [0.1, 0.15) is 71.1 Å². The first-order valence-electron chi connectivity index (χ1n) is 10.8. The summed E-state index contributed by atoms with van der Waals surface area (Å²) in [6.45, 7) is 2.21. The van der Waals surface area contributed by atoms with Gasteiger partial charge < -0.3 is 10.6 Å². The molecule has 1 aromatic carbocycles. The third-order valence-corrected chi connectivity index (χ3v) is 5.90. The van der Waals surface area contributed by atoms with E-state index in [1.54, 1.807) is 0 Å². The van der Waals surface area contributed by atoms with Crippen molar-refractivity contribution in [3.05, 3.63) is 35.5 Å². The standard InChI is InChI=1S/C23H32ClN3O/c1-2-3-4-5-6-7-23(28)27-19-11-9-18(10-12-19)26-21-14-15-25-22-16-17(24)8-13-20(21)22/h8,13-16,18-19H,2-7,9-12H2,1H3,(H,25,26)(H,27,28). The van der Waals surface area contributed by atoms with Crippen molar-refractivity contribution >= 4 is 34.1 Å². The Hall–Kier alpha value is -1.81. The monoisotopic (exact) mass is 401 g/mol. The highest BCUT2D eigenvalue weighted by Crippen LogP contribution is 2.28. The molecule has 1 aliphatic carbocycles. The van der Waals surface area contributed by atoms with Crippen molar-refractivity contribution in [2.24, 2.45) is 0 Å². The number of hydrogen-bond donors (Lipinski definition) is 2. The van der Waals surface area contributed by atoms with Crippen LogP contribution in [0.5, 0.6) is 0 Å². The molecule has 2 N–H and O–H groups in total. The first-order valence-corrected chi connectivity index (χ1v) is 11.1. The van der Waals surface area contributed by atoms with E-state index in [4.69, 9.17) is 11.6 Å². The number of aromatic nitrogens is 1. The van der Waals surface area contributed by atoms with Crippen molar-refractivity contribution in [3.8, 4) is 0 Å². The third kappa shape index (κ3) is 6.10. The van der Waals surface area contributed by atoms with Crippen molar-refractivity contribution in [1.82, 2.24) is 10.3 Å². The Kier molecular flexibility index (Phi) is 7.96. The minimum atomic E-state index is 0.227. The summed E-state index contributed by atoms with van der Waals surface area (Å²) >= 11 is 6.08. The van der Waals surface area contributed by atoms with E-state index in [0.717, 1.165) is 48.7 Å². The molecule has 0 atom stereocenters. The number of nitrogens with one attached hydrogen (secondary N) is 2. The van der Waals surface area contributed by atoms with Gasteiger partial charge in [0.2, 0.25) is 5.91 Å². The van der Waals surface area contributed by atoms with E-state index in [1.807, 2.05) is 30.5 Å². The Morgan fingerprint density at radius 3 is 2.61 bits per heavy atom. The average molecular weight is 402 g/mol. The lowest BCUT2D eigenvalue weighted by Crippen LogP contribution is -2.40. The number of anilines is 1. The first-order chi connectivity index (χ1) is 13.7. The van der Waals surface area contributed by atoms with Gasteiger partial charge in [-0.25, -0.2) is 0 Å². The van der Waals surface area contributed by atoms with Crippen LogP contribution in [0.15, 0.2) is 30.5 Å². The van der Waals surface area contributed by atoms with Gasteiger partial charge in [0, 0.05) is 40.8 Å².